The van der Waals surface area contributed by atoms with Gasteiger partial charge in [0.25, 0.3) is 17.4 Å². The van der Waals surface area contributed by atoms with Crippen LogP contribution in [-0.2, 0) is 0 Å². The van der Waals surface area contributed by atoms with Crippen molar-refractivity contribution >= 4 is 28.4 Å². The Morgan fingerprint density at radius 2 is 1.63 bits per heavy atom. The van der Waals surface area contributed by atoms with E-state index in [1.54, 1.807) is 49.1 Å². The molecule has 0 unspecified atom stereocenters. The fourth-order valence-corrected chi connectivity index (χ4v) is 5.86. The predicted octanol–water partition coefficient (Wildman–Crippen LogP) is 2.96. The number of carbonyl (C=O) groups excluding carboxylic acids is 2. The van der Waals surface area contributed by atoms with Crippen molar-refractivity contribution in [1.82, 2.24) is 24.4 Å². The highest BCUT2D eigenvalue weighted by molar-refractivity contribution is 6.01. The lowest BCUT2D eigenvalue weighted by Crippen LogP contribution is -2.44. The number of H-pyrrole nitrogens is 1. The van der Waals surface area contributed by atoms with E-state index in [0.717, 1.165) is 19.3 Å². The Balaban J connectivity index is 1.17. The van der Waals surface area contributed by atoms with Gasteiger partial charge in [-0.3, -0.25) is 14.4 Å². The van der Waals surface area contributed by atoms with Gasteiger partial charge in [-0.1, -0.05) is 12.1 Å². The molecule has 2 fully saturated rings. The summed E-state index contributed by atoms with van der Waals surface area (Å²) in [7, 11) is 3.12. The van der Waals surface area contributed by atoms with Crippen LogP contribution in [0.15, 0.2) is 53.5 Å². The second kappa shape index (κ2) is 9.20. The Morgan fingerprint density at radius 1 is 0.921 bits per heavy atom. The lowest BCUT2D eigenvalue weighted by Gasteiger charge is -2.39. The van der Waals surface area contributed by atoms with Gasteiger partial charge in [-0.05, 0) is 55.0 Å². The Kier molecular flexibility index (Phi) is 5.81. The molecule has 2 aromatic carbocycles. The van der Waals surface area contributed by atoms with Gasteiger partial charge in [0.2, 0.25) is 0 Å². The van der Waals surface area contributed by atoms with Gasteiger partial charge in [-0.25, -0.2) is 4.52 Å². The number of rotatable bonds is 4. The van der Waals surface area contributed by atoms with E-state index in [2.05, 4.69) is 10.1 Å². The second-order valence-corrected chi connectivity index (χ2v) is 10.1. The van der Waals surface area contributed by atoms with Gasteiger partial charge in [0.15, 0.2) is 0 Å². The highest BCUT2D eigenvalue weighted by Gasteiger charge is 2.43. The fourth-order valence-electron chi connectivity index (χ4n) is 5.86. The number of hydrogen-bond acceptors (Lipinski definition) is 6. The van der Waals surface area contributed by atoms with E-state index in [9.17, 15) is 14.4 Å². The number of nitrogens with one attached hydrogen (secondary N) is 1. The van der Waals surface area contributed by atoms with Crippen molar-refractivity contribution < 1.29 is 19.1 Å². The molecule has 6 rings (SSSR count). The van der Waals surface area contributed by atoms with Gasteiger partial charge in [0.1, 0.15) is 22.7 Å². The highest BCUT2D eigenvalue weighted by Crippen LogP contribution is 2.41. The molecule has 2 aliphatic rings. The summed E-state index contributed by atoms with van der Waals surface area (Å²) in [5.74, 6) is 0.911. The third kappa shape index (κ3) is 3.87. The predicted molar refractivity (Wildman–Crippen MR) is 141 cm³/mol. The summed E-state index contributed by atoms with van der Waals surface area (Å²) in [4.78, 5) is 46.0. The maximum Gasteiger partial charge on any atom is 0.259 e. The third-order valence-electron chi connectivity index (χ3n) is 8.08. The van der Waals surface area contributed by atoms with Crippen molar-refractivity contribution in [3.8, 4) is 11.5 Å². The molecule has 196 valence electrons. The van der Waals surface area contributed by atoms with Crippen LogP contribution in [0.3, 0.4) is 0 Å². The normalized spacial score (nSPS) is 16.9. The summed E-state index contributed by atoms with van der Waals surface area (Å²) >= 11 is 0. The first-order chi connectivity index (χ1) is 18.4. The van der Waals surface area contributed by atoms with Gasteiger partial charge in [0, 0.05) is 26.2 Å². The zero-order valence-electron chi connectivity index (χ0n) is 21.4. The van der Waals surface area contributed by atoms with Gasteiger partial charge >= 0.3 is 0 Å². The van der Waals surface area contributed by atoms with E-state index in [4.69, 9.17) is 9.47 Å². The molecule has 2 saturated heterocycles. The Bertz CT molecular complexity index is 1620. The number of likely N-dealkylation sites (tertiary alicyclic amines) is 2. The molecule has 4 aromatic rings. The fraction of sp³-hybridized carbons (Fsp3) is 0.357. The Hall–Kier alpha value is -4.34. The first-order valence-corrected chi connectivity index (χ1v) is 12.7. The molecule has 10 heteroatoms. The minimum Gasteiger partial charge on any atom is -0.497 e. The second-order valence-electron chi connectivity index (χ2n) is 10.1. The number of piperidine rings is 1. The SMILES string of the molecule is COc1ccc(OC)c(C(=O)N2CCC3(CC2)CCN(C(=O)c2cnn4c2[nH]c(=O)c2ccccc24)C3)c1. The van der Waals surface area contributed by atoms with Crippen molar-refractivity contribution in [3.63, 3.8) is 0 Å². The summed E-state index contributed by atoms with van der Waals surface area (Å²) in [5.41, 5.74) is 1.67. The molecule has 2 aliphatic heterocycles. The number of methoxy groups -OCH3 is 2. The van der Waals surface area contributed by atoms with Crippen LogP contribution in [0.5, 0.6) is 11.5 Å². The summed E-state index contributed by atoms with van der Waals surface area (Å²) in [6.07, 6.45) is 4.03. The van der Waals surface area contributed by atoms with Gasteiger partial charge < -0.3 is 24.3 Å². The Labute approximate surface area is 218 Å². The molecule has 0 saturated carbocycles. The molecule has 0 radical (unpaired) electrons. The summed E-state index contributed by atoms with van der Waals surface area (Å²) < 4.78 is 12.3. The lowest BCUT2D eigenvalue weighted by atomic mass is 9.77. The molecule has 0 atom stereocenters. The number of aromatic amines is 1. The first-order valence-electron chi connectivity index (χ1n) is 12.7. The van der Waals surface area contributed by atoms with E-state index in [1.807, 2.05) is 21.9 Å². The van der Waals surface area contributed by atoms with Crippen molar-refractivity contribution in [3.05, 3.63) is 70.1 Å². The van der Waals surface area contributed by atoms with Crippen molar-refractivity contribution in [2.45, 2.75) is 19.3 Å². The quantitative estimate of drug-likeness (QED) is 0.448. The molecule has 1 spiro atoms. The van der Waals surface area contributed by atoms with Crippen LogP contribution in [0.2, 0.25) is 0 Å². The largest absolute Gasteiger partial charge is 0.497 e. The van der Waals surface area contributed by atoms with Crippen molar-refractivity contribution in [2.75, 3.05) is 40.4 Å². The Morgan fingerprint density at radius 3 is 2.37 bits per heavy atom. The van der Waals surface area contributed by atoms with Crippen LogP contribution >= 0.6 is 0 Å². The number of hydrogen-bond donors (Lipinski definition) is 1. The van der Waals surface area contributed by atoms with E-state index >= 15 is 0 Å². The first kappa shape index (κ1) is 24.0. The maximum absolute atomic E-state index is 13.5. The van der Waals surface area contributed by atoms with Gasteiger partial charge in [-0.15, -0.1) is 0 Å². The average Bonchev–Trinajstić information content (AvgIpc) is 3.57. The molecule has 4 heterocycles. The molecular weight excluding hydrogens is 486 g/mol. The average molecular weight is 516 g/mol. The number of benzene rings is 2. The number of amides is 2. The summed E-state index contributed by atoms with van der Waals surface area (Å²) in [6.45, 7) is 2.46. The van der Waals surface area contributed by atoms with Crippen molar-refractivity contribution in [1.29, 1.82) is 0 Å². The van der Waals surface area contributed by atoms with E-state index in [0.29, 0.717) is 65.4 Å². The molecule has 2 aromatic heterocycles. The number of aromatic nitrogens is 3. The van der Waals surface area contributed by atoms with Gasteiger partial charge in [0.05, 0.1) is 36.9 Å². The zero-order chi connectivity index (χ0) is 26.4. The highest BCUT2D eigenvalue weighted by atomic mass is 16.5. The summed E-state index contributed by atoms with van der Waals surface area (Å²) in [6, 6.07) is 12.4. The minimum absolute atomic E-state index is 0.0338. The van der Waals surface area contributed by atoms with Crippen LogP contribution < -0.4 is 15.0 Å². The maximum atomic E-state index is 13.5. The zero-order valence-corrected chi connectivity index (χ0v) is 21.4. The number of para-hydroxylation sites is 1. The van der Waals surface area contributed by atoms with Gasteiger partial charge in [-0.2, -0.15) is 5.10 Å². The third-order valence-corrected chi connectivity index (χ3v) is 8.08. The van der Waals surface area contributed by atoms with Crippen LogP contribution in [0.25, 0.3) is 16.6 Å². The number of nitrogens with zero attached hydrogens (tertiary/aromatic N) is 4. The van der Waals surface area contributed by atoms with E-state index in [1.165, 1.54) is 6.20 Å². The topological polar surface area (TPSA) is 109 Å². The smallest absolute Gasteiger partial charge is 0.259 e. The van der Waals surface area contributed by atoms with Crippen LogP contribution in [0.1, 0.15) is 40.0 Å². The summed E-state index contributed by atoms with van der Waals surface area (Å²) in [5, 5.41) is 4.93. The van der Waals surface area contributed by atoms with Crippen LogP contribution in [0.4, 0.5) is 0 Å². The molecule has 1 N–H and O–H groups in total. The molecule has 38 heavy (non-hydrogen) atoms. The van der Waals surface area contributed by atoms with Crippen molar-refractivity contribution in [2.24, 2.45) is 5.41 Å². The van der Waals surface area contributed by atoms with Crippen LogP contribution in [0, 0.1) is 5.41 Å². The number of carbonyl (C=O) groups is 2. The molecule has 10 nitrogen and oxygen atoms in total. The molecular formula is C28H29N5O5. The minimum atomic E-state index is -0.245. The van der Waals surface area contributed by atoms with E-state index < -0.39 is 0 Å². The number of fused-ring (bicyclic) bond motifs is 3. The van der Waals surface area contributed by atoms with Crippen LogP contribution in [-0.4, -0.2) is 76.6 Å². The molecule has 0 bridgehead atoms. The lowest BCUT2D eigenvalue weighted by molar-refractivity contribution is 0.0563. The molecule has 0 aliphatic carbocycles. The monoisotopic (exact) mass is 515 g/mol. The standard InChI is InChI=1S/C28H29N5O5/c1-37-18-7-8-23(38-2)20(15-18)26(35)31-12-9-28(10-13-31)11-14-32(17-28)27(36)21-16-29-33-22-6-4-3-5-19(22)25(34)30-24(21)33/h3-8,15-16H,9-14,17H2,1-2H3,(H,30,34). The number of ether oxygens (including phenoxy) is 2. The molecule has 2 amide bonds. The van der Waals surface area contributed by atoms with E-state index in [-0.39, 0.29) is 22.8 Å².